The van der Waals surface area contributed by atoms with Crippen LogP contribution < -0.4 is 5.32 Å². The van der Waals surface area contributed by atoms with Gasteiger partial charge < -0.3 is 19.5 Å². The molecule has 1 fully saturated rings. The van der Waals surface area contributed by atoms with E-state index in [1.165, 1.54) is 0 Å². The van der Waals surface area contributed by atoms with Crippen molar-refractivity contribution in [1.82, 2.24) is 19.8 Å². The van der Waals surface area contributed by atoms with E-state index in [2.05, 4.69) is 16.4 Å². The quantitative estimate of drug-likeness (QED) is 0.671. The van der Waals surface area contributed by atoms with E-state index in [4.69, 9.17) is 4.74 Å². The molecule has 2 heterocycles. The number of aromatic nitrogens is 2. The van der Waals surface area contributed by atoms with E-state index >= 15 is 0 Å². The highest BCUT2D eigenvalue weighted by Gasteiger charge is 2.44. The van der Waals surface area contributed by atoms with E-state index < -0.39 is 0 Å². The number of carbonyl (C=O) groups is 2. The molecule has 1 aliphatic rings. The SMILES string of the molecule is COCCN1C(=O)C[C@@H](C(=O)NCCCn2ccnc2)[C@@H]1c1cccc(C)c1. The fourth-order valence-electron chi connectivity index (χ4n) is 3.77. The van der Waals surface area contributed by atoms with Crippen molar-refractivity contribution < 1.29 is 14.3 Å². The predicted octanol–water partition coefficient (Wildman–Crippen LogP) is 1.93. The first-order valence-corrected chi connectivity index (χ1v) is 9.68. The normalized spacial score (nSPS) is 19.2. The molecule has 28 heavy (non-hydrogen) atoms. The first-order chi connectivity index (χ1) is 13.6. The summed E-state index contributed by atoms with van der Waals surface area (Å²) in [6.45, 7) is 4.32. The minimum atomic E-state index is -0.389. The molecule has 1 N–H and O–H groups in total. The second kappa shape index (κ2) is 9.50. The summed E-state index contributed by atoms with van der Waals surface area (Å²) in [7, 11) is 1.62. The molecule has 1 aromatic carbocycles. The van der Waals surface area contributed by atoms with Crippen LogP contribution in [0.1, 0.15) is 30.0 Å². The van der Waals surface area contributed by atoms with Crippen molar-refractivity contribution in [2.24, 2.45) is 5.92 Å². The van der Waals surface area contributed by atoms with Crippen molar-refractivity contribution in [3.63, 3.8) is 0 Å². The molecule has 3 rings (SSSR count). The molecule has 1 aliphatic heterocycles. The van der Waals surface area contributed by atoms with E-state index in [0.717, 1.165) is 24.1 Å². The highest BCUT2D eigenvalue weighted by atomic mass is 16.5. The minimum Gasteiger partial charge on any atom is -0.383 e. The lowest BCUT2D eigenvalue weighted by Crippen LogP contribution is -2.37. The third kappa shape index (κ3) is 4.78. The van der Waals surface area contributed by atoms with E-state index in [9.17, 15) is 9.59 Å². The average molecular weight is 384 g/mol. The number of nitrogens with one attached hydrogen (secondary N) is 1. The number of likely N-dealkylation sites (tertiary alicyclic amines) is 1. The summed E-state index contributed by atoms with van der Waals surface area (Å²) in [6.07, 6.45) is 6.45. The van der Waals surface area contributed by atoms with Crippen LogP contribution in [0.2, 0.25) is 0 Å². The lowest BCUT2D eigenvalue weighted by Gasteiger charge is -2.28. The smallest absolute Gasteiger partial charge is 0.226 e. The lowest BCUT2D eigenvalue weighted by molar-refractivity contribution is -0.129. The molecule has 0 unspecified atom stereocenters. The van der Waals surface area contributed by atoms with Gasteiger partial charge in [0.1, 0.15) is 0 Å². The fraction of sp³-hybridized carbons (Fsp3) is 0.476. The maximum atomic E-state index is 12.9. The summed E-state index contributed by atoms with van der Waals surface area (Å²) >= 11 is 0. The number of hydrogen-bond donors (Lipinski definition) is 1. The van der Waals surface area contributed by atoms with Gasteiger partial charge in [0.05, 0.1) is 24.9 Å². The topological polar surface area (TPSA) is 76.5 Å². The van der Waals surface area contributed by atoms with Crippen LogP contribution in [0, 0.1) is 12.8 Å². The zero-order valence-electron chi connectivity index (χ0n) is 16.5. The monoisotopic (exact) mass is 384 g/mol. The summed E-state index contributed by atoms with van der Waals surface area (Å²) in [6, 6.07) is 7.79. The fourth-order valence-corrected chi connectivity index (χ4v) is 3.77. The standard InChI is InChI=1S/C21H28N4O3/c1-16-5-3-6-17(13-16)20-18(14-19(26)25(20)11-12-28-2)21(27)23-7-4-9-24-10-8-22-15-24/h3,5-6,8,10,13,15,18,20H,4,7,9,11-12,14H2,1-2H3,(H,23,27)/t18-,20+/m1/s1. The molecule has 0 aliphatic carbocycles. The average Bonchev–Trinajstić information content (AvgIpc) is 3.31. The number of nitrogens with zero attached hydrogens (tertiary/aromatic N) is 3. The third-order valence-electron chi connectivity index (χ3n) is 5.14. The summed E-state index contributed by atoms with van der Waals surface area (Å²) in [5, 5.41) is 3.02. The summed E-state index contributed by atoms with van der Waals surface area (Å²) in [5.41, 5.74) is 2.11. The van der Waals surface area contributed by atoms with Gasteiger partial charge in [-0.25, -0.2) is 4.98 Å². The highest BCUT2D eigenvalue weighted by molar-refractivity contribution is 5.90. The number of carbonyl (C=O) groups excluding carboxylic acids is 2. The molecule has 0 bridgehead atoms. The van der Waals surface area contributed by atoms with Crippen LogP contribution in [0.5, 0.6) is 0 Å². The highest BCUT2D eigenvalue weighted by Crippen LogP contribution is 2.38. The number of ether oxygens (including phenoxy) is 1. The summed E-state index contributed by atoms with van der Waals surface area (Å²) in [4.78, 5) is 31.3. The molecule has 2 amide bonds. The predicted molar refractivity (Wildman–Crippen MR) is 105 cm³/mol. The van der Waals surface area contributed by atoms with Gasteiger partial charge in [0, 0.05) is 45.6 Å². The zero-order valence-corrected chi connectivity index (χ0v) is 16.5. The largest absolute Gasteiger partial charge is 0.383 e. The van der Waals surface area contributed by atoms with Crippen LogP contribution >= 0.6 is 0 Å². The maximum absolute atomic E-state index is 12.9. The minimum absolute atomic E-state index is 0.00196. The Hall–Kier alpha value is -2.67. The van der Waals surface area contributed by atoms with Crippen LogP contribution in [0.25, 0.3) is 0 Å². The first-order valence-electron chi connectivity index (χ1n) is 9.68. The lowest BCUT2D eigenvalue weighted by atomic mass is 9.92. The number of hydrogen-bond acceptors (Lipinski definition) is 4. The van der Waals surface area contributed by atoms with Gasteiger partial charge in [0.15, 0.2) is 0 Å². The Morgan fingerprint density at radius 1 is 1.36 bits per heavy atom. The van der Waals surface area contributed by atoms with Crippen molar-refractivity contribution >= 4 is 11.8 Å². The molecular weight excluding hydrogens is 356 g/mol. The Labute approximate surface area is 165 Å². The maximum Gasteiger partial charge on any atom is 0.226 e. The van der Waals surface area contributed by atoms with Crippen molar-refractivity contribution in [3.8, 4) is 0 Å². The third-order valence-corrected chi connectivity index (χ3v) is 5.14. The molecule has 7 heteroatoms. The first kappa shape index (κ1) is 20.1. The van der Waals surface area contributed by atoms with Crippen molar-refractivity contribution in [2.45, 2.75) is 32.4 Å². The van der Waals surface area contributed by atoms with Crippen LogP contribution in [-0.2, 0) is 20.9 Å². The Bertz CT molecular complexity index is 791. The molecule has 1 saturated heterocycles. The van der Waals surface area contributed by atoms with Crippen LogP contribution in [0.3, 0.4) is 0 Å². The number of rotatable bonds is 9. The Morgan fingerprint density at radius 3 is 2.93 bits per heavy atom. The molecule has 1 aromatic heterocycles. The van der Waals surface area contributed by atoms with Gasteiger partial charge in [0.2, 0.25) is 11.8 Å². The van der Waals surface area contributed by atoms with Crippen molar-refractivity contribution in [2.75, 3.05) is 26.8 Å². The Morgan fingerprint density at radius 2 is 2.21 bits per heavy atom. The second-order valence-corrected chi connectivity index (χ2v) is 7.19. The van der Waals surface area contributed by atoms with Gasteiger partial charge in [-0.15, -0.1) is 0 Å². The number of amides is 2. The molecule has 0 saturated carbocycles. The van der Waals surface area contributed by atoms with E-state index in [1.54, 1.807) is 24.5 Å². The molecular formula is C21H28N4O3. The molecule has 7 nitrogen and oxygen atoms in total. The zero-order chi connectivity index (χ0) is 19.9. The van der Waals surface area contributed by atoms with Gasteiger partial charge >= 0.3 is 0 Å². The molecule has 150 valence electrons. The van der Waals surface area contributed by atoms with Gasteiger partial charge in [-0.1, -0.05) is 29.8 Å². The number of imidazole rings is 1. The Balaban J connectivity index is 1.67. The second-order valence-electron chi connectivity index (χ2n) is 7.19. The van der Waals surface area contributed by atoms with E-state index in [1.807, 2.05) is 35.9 Å². The molecule has 0 spiro atoms. The number of aryl methyl sites for hydroxylation is 2. The number of benzene rings is 1. The molecule has 0 radical (unpaired) electrons. The van der Waals surface area contributed by atoms with E-state index in [-0.39, 0.29) is 30.2 Å². The Kier molecular flexibility index (Phi) is 6.81. The van der Waals surface area contributed by atoms with Crippen LogP contribution in [-0.4, -0.2) is 53.1 Å². The molecule has 2 atom stereocenters. The van der Waals surface area contributed by atoms with Gasteiger partial charge in [0.25, 0.3) is 0 Å². The van der Waals surface area contributed by atoms with Crippen molar-refractivity contribution in [3.05, 3.63) is 54.1 Å². The van der Waals surface area contributed by atoms with Gasteiger partial charge in [-0.3, -0.25) is 9.59 Å². The summed E-state index contributed by atoms with van der Waals surface area (Å²) < 4.78 is 7.15. The summed E-state index contributed by atoms with van der Waals surface area (Å²) in [5.74, 6) is -0.452. The van der Waals surface area contributed by atoms with Crippen LogP contribution in [0.15, 0.2) is 43.0 Å². The number of methoxy groups -OCH3 is 1. The van der Waals surface area contributed by atoms with Gasteiger partial charge in [-0.05, 0) is 18.9 Å². The molecule has 2 aromatic rings. The van der Waals surface area contributed by atoms with Crippen molar-refractivity contribution in [1.29, 1.82) is 0 Å². The van der Waals surface area contributed by atoms with Crippen LogP contribution in [0.4, 0.5) is 0 Å². The van der Waals surface area contributed by atoms with E-state index in [0.29, 0.717) is 19.7 Å². The van der Waals surface area contributed by atoms with Gasteiger partial charge in [-0.2, -0.15) is 0 Å².